The van der Waals surface area contributed by atoms with Gasteiger partial charge in [0.15, 0.2) is 0 Å². The van der Waals surface area contributed by atoms with Crippen LogP contribution >= 0.6 is 0 Å². The summed E-state index contributed by atoms with van der Waals surface area (Å²) in [5, 5.41) is 9.96. The van der Waals surface area contributed by atoms with Crippen molar-refractivity contribution in [1.82, 2.24) is 19.9 Å². The molecule has 1 aromatic heterocycles. The minimum atomic E-state index is -1.15. The Morgan fingerprint density at radius 3 is 2.70 bits per heavy atom. The number of ether oxygens (including phenoxy) is 1. The standard InChI is InChI=1S/C31H35N7O5/c1-43-22-9-11-25-26(16-22)36-27(18-34-25)20-17-35-37(19-20)13-5-3-2-4-12-33-21-8-10-23-24(15-21)31(42)38(30(23)41)28(29(32)40)7-6-14-39/h8-11,14-18,20,28,33H,2-7,12-13,19H2,1H3,(H2,32,40). The van der Waals surface area contributed by atoms with Crippen molar-refractivity contribution >= 4 is 46.9 Å². The number of carbonyl (C=O) groups excluding carboxylic acids is 4. The molecule has 5 rings (SSSR count). The van der Waals surface area contributed by atoms with Crippen molar-refractivity contribution in [3.63, 3.8) is 0 Å². The van der Waals surface area contributed by atoms with Crippen LogP contribution in [0.15, 0.2) is 47.7 Å². The number of hydrazone groups is 1. The highest BCUT2D eigenvalue weighted by atomic mass is 16.5. The average molecular weight is 586 g/mol. The van der Waals surface area contributed by atoms with Crippen LogP contribution in [0.25, 0.3) is 11.0 Å². The smallest absolute Gasteiger partial charge is 0.262 e. The van der Waals surface area contributed by atoms with E-state index >= 15 is 0 Å². The lowest BCUT2D eigenvalue weighted by molar-refractivity contribution is -0.122. The van der Waals surface area contributed by atoms with E-state index < -0.39 is 23.8 Å². The lowest BCUT2D eigenvalue weighted by Gasteiger charge is -2.22. The maximum atomic E-state index is 13.0. The van der Waals surface area contributed by atoms with Crippen molar-refractivity contribution < 1.29 is 23.9 Å². The summed E-state index contributed by atoms with van der Waals surface area (Å²) in [5.41, 5.74) is 9.14. The third-order valence-electron chi connectivity index (χ3n) is 7.75. The summed E-state index contributed by atoms with van der Waals surface area (Å²) in [4.78, 5) is 58.6. The van der Waals surface area contributed by atoms with Crippen molar-refractivity contribution in [1.29, 1.82) is 0 Å². The molecule has 0 saturated heterocycles. The number of aldehydes is 1. The van der Waals surface area contributed by atoms with Crippen LogP contribution in [-0.2, 0) is 9.59 Å². The molecule has 0 saturated carbocycles. The van der Waals surface area contributed by atoms with Gasteiger partial charge in [0.05, 0.1) is 40.9 Å². The lowest BCUT2D eigenvalue weighted by atomic mass is 10.1. The predicted octanol–water partition coefficient (Wildman–Crippen LogP) is 3.12. The fraction of sp³-hybridized carbons (Fsp3) is 0.387. The Morgan fingerprint density at radius 2 is 1.91 bits per heavy atom. The second-order valence-electron chi connectivity index (χ2n) is 10.7. The molecule has 0 radical (unpaired) electrons. The minimum absolute atomic E-state index is 0.00917. The maximum Gasteiger partial charge on any atom is 0.262 e. The van der Waals surface area contributed by atoms with E-state index in [9.17, 15) is 19.2 Å². The first kappa shape index (κ1) is 29.6. The summed E-state index contributed by atoms with van der Waals surface area (Å²) in [6, 6.07) is 9.48. The Hall–Kier alpha value is -4.87. The van der Waals surface area contributed by atoms with Crippen LogP contribution < -0.4 is 15.8 Å². The molecular formula is C31H35N7O5. The van der Waals surface area contributed by atoms with Gasteiger partial charge in [-0.25, -0.2) is 4.98 Å². The number of primary amides is 1. The Kier molecular flexibility index (Phi) is 9.23. The minimum Gasteiger partial charge on any atom is -0.497 e. The summed E-state index contributed by atoms with van der Waals surface area (Å²) < 4.78 is 5.30. The monoisotopic (exact) mass is 585 g/mol. The van der Waals surface area contributed by atoms with E-state index in [-0.39, 0.29) is 29.9 Å². The highest BCUT2D eigenvalue weighted by molar-refractivity contribution is 6.23. The predicted molar refractivity (Wildman–Crippen MR) is 161 cm³/mol. The van der Waals surface area contributed by atoms with E-state index in [0.717, 1.165) is 71.8 Å². The van der Waals surface area contributed by atoms with Crippen molar-refractivity contribution in [2.24, 2.45) is 10.8 Å². The van der Waals surface area contributed by atoms with Gasteiger partial charge in [-0.3, -0.25) is 29.3 Å². The number of unbranched alkanes of at least 4 members (excludes halogenated alkanes) is 3. The van der Waals surface area contributed by atoms with Gasteiger partial charge in [-0.1, -0.05) is 12.8 Å². The van der Waals surface area contributed by atoms with Gasteiger partial charge in [-0.15, -0.1) is 0 Å². The summed E-state index contributed by atoms with van der Waals surface area (Å²) in [5.74, 6) is -1.10. The fourth-order valence-corrected chi connectivity index (χ4v) is 5.41. The molecule has 3 amide bonds. The number of benzene rings is 2. The molecule has 0 bridgehead atoms. The number of fused-ring (bicyclic) bond motifs is 2. The summed E-state index contributed by atoms with van der Waals surface area (Å²) in [6.45, 7) is 2.36. The number of rotatable bonds is 15. The van der Waals surface area contributed by atoms with Crippen LogP contribution in [0.3, 0.4) is 0 Å². The van der Waals surface area contributed by atoms with Crippen molar-refractivity contribution in [3.05, 3.63) is 59.4 Å². The van der Waals surface area contributed by atoms with E-state index in [1.165, 1.54) is 0 Å². The fourth-order valence-electron chi connectivity index (χ4n) is 5.41. The molecule has 0 spiro atoms. The lowest BCUT2D eigenvalue weighted by Crippen LogP contribution is -2.47. The van der Waals surface area contributed by atoms with Gasteiger partial charge in [0.25, 0.3) is 11.8 Å². The van der Waals surface area contributed by atoms with Crippen LogP contribution in [0.5, 0.6) is 5.75 Å². The molecule has 43 heavy (non-hydrogen) atoms. The molecule has 3 heterocycles. The molecule has 224 valence electrons. The zero-order valence-electron chi connectivity index (χ0n) is 24.1. The van der Waals surface area contributed by atoms with E-state index in [0.29, 0.717) is 12.8 Å². The van der Waals surface area contributed by atoms with Gasteiger partial charge in [0.1, 0.15) is 18.1 Å². The van der Waals surface area contributed by atoms with Gasteiger partial charge in [-0.05, 0) is 49.6 Å². The Bertz CT molecular complexity index is 1560. The van der Waals surface area contributed by atoms with Gasteiger partial charge in [-0.2, -0.15) is 5.10 Å². The molecule has 12 nitrogen and oxygen atoms in total. The molecule has 2 atom stereocenters. The highest BCUT2D eigenvalue weighted by Gasteiger charge is 2.42. The number of amides is 3. The number of hydrogen-bond donors (Lipinski definition) is 2. The quantitative estimate of drug-likeness (QED) is 0.155. The number of carbonyl (C=O) groups is 4. The zero-order valence-corrected chi connectivity index (χ0v) is 24.1. The molecule has 3 aromatic rings. The number of imide groups is 1. The summed E-state index contributed by atoms with van der Waals surface area (Å²) in [6.07, 6.45) is 8.45. The van der Waals surface area contributed by atoms with Crippen molar-refractivity contribution in [2.75, 3.05) is 32.1 Å². The molecule has 0 fully saturated rings. The number of anilines is 1. The molecule has 2 unspecified atom stereocenters. The van der Waals surface area contributed by atoms with Crippen LogP contribution in [0.2, 0.25) is 0 Å². The number of hydrogen-bond acceptors (Lipinski definition) is 10. The van der Waals surface area contributed by atoms with Crippen LogP contribution in [0.1, 0.15) is 70.9 Å². The average Bonchev–Trinajstić information content (AvgIpc) is 3.58. The summed E-state index contributed by atoms with van der Waals surface area (Å²) >= 11 is 0. The third-order valence-corrected chi connectivity index (χ3v) is 7.75. The van der Waals surface area contributed by atoms with E-state index in [1.807, 2.05) is 30.6 Å². The molecule has 2 aromatic carbocycles. The van der Waals surface area contributed by atoms with Gasteiger partial charge in [0, 0.05) is 50.2 Å². The van der Waals surface area contributed by atoms with Gasteiger partial charge < -0.3 is 20.6 Å². The Labute approximate surface area is 249 Å². The molecule has 2 aliphatic rings. The van der Waals surface area contributed by atoms with Crippen molar-refractivity contribution in [2.45, 2.75) is 50.5 Å². The summed E-state index contributed by atoms with van der Waals surface area (Å²) in [7, 11) is 1.64. The van der Waals surface area contributed by atoms with Crippen LogP contribution in [-0.4, -0.2) is 82.9 Å². The number of nitrogens with two attached hydrogens (primary N) is 1. The zero-order chi connectivity index (χ0) is 30.3. The molecule has 2 aliphatic heterocycles. The third kappa shape index (κ3) is 6.63. The normalized spacial score (nSPS) is 16.5. The largest absolute Gasteiger partial charge is 0.497 e. The molecule has 12 heteroatoms. The van der Waals surface area contributed by atoms with Crippen LogP contribution in [0.4, 0.5) is 5.69 Å². The van der Waals surface area contributed by atoms with Gasteiger partial charge in [0.2, 0.25) is 5.91 Å². The molecule has 0 aliphatic carbocycles. The highest BCUT2D eigenvalue weighted by Crippen LogP contribution is 2.29. The second-order valence-corrected chi connectivity index (χ2v) is 10.7. The topological polar surface area (TPSA) is 160 Å². The van der Waals surface area contributed by atoms with Crippen molar-refractivity contribution in [3.8, 4) is 5.75 Å². The van der Waals surface area contributed by atoms with E-state index in [2.05, 4.69) is 20.4 Å². The first-order chi connectivity index (χ1) is 20.9. The number of nitrogens with zero attached hydrogens (tertiary/aromatic N) is 5. The maximum absolute atomic E-state index is 13.0. The number of nitrogens with one attached hydrogen (secondary N) is 1. The second kappa shape index (κ2) is 13.4. The van der Waals surface area contributed by atoms with Gasteiger partial charge >= 0.3 is 0 Å². The van der Waals surface area contributed by atoms with E-state index in [4.69, 9.17) is 15.5 Å². The SMILES string of the molecule is COc1ccc2ncc(C3C=NN(CCCCCCNc4ccc5c(c4)C(=O)N(C(CCC=O)C(N)=O)C5=O)C3)nc2c1. The van der Waals surface area contributed by atoms with Crippen LogP contribution in [0, 0.1) is 0 Å². The number of methoxy groups -OCH3 is 1. The Balaban J connectivity index is 1.03. The Morgan fingerprint density at radius 1 is 1.09 bits per heavy atom. The molecule has 3 N–H and O–H groups in total. The molecular weight excluding hydrogens is 550 g/mol. The van der Waals surface area contributed by atoms with E-state index in [1.54, 1.807) is 25.3 Å². The number of aromatic nitrogens is 2. The first-order valence-electron chi connectivity index (χ1n) is 14.5. The first-order valence-corrected chi connectivity index (χ1v) is 14.5.